The molecule has 0 atom stereocenters. The molecule has 2 aromatic rings. The molecule has 0 unspecified atom stereocenters. The molecule has 0 radical (unpaired) electrons. The average molecular weight is 268 g/mol. The zero-order valence-corrected chi connectivity index (χ0v) is 11.2. The van der Waals surface area contributed by atoms with Crippen LogP contribution in [0, 0.1) is 6.92 Å². The molecule has 0 spiro atoms. The Hall–Kier alpha value is -2.55. The highest BCUT2D eigenvalue weighted by Gasteiger charge is 2.02. The number of hydrogen-bond acceptors (Lipinski definition) is 2. The molecule has 3 heteroatoms. The van der Waals surface area contributed by atoms with Crippen molar-refractivity contribution in [1.29, 1.82) is 0 Å². The summed E-state index contributed by atoms with van der Waals surface area (Å²) in [7, 11) is 0. The lowest BCUT2D eigenvalue weighted by molar-refractivity contribution is -0.131. The van der Waals surface area contributed by atoms with Gasteiger partial charge in [-0.2, -0.15) is 0 Å². The molecule has 1 N–H and O–H groups in total. The zero-order chi connectivity index (χ0) is 14.4. The van der Waals surface area contributed by atoms with Gasteiger partial charge in [0.15, 0.2) is 0 Å². The topological polar surface area (TPSA) is 46.5 Å². The van der Waals surface area contributed by atoms with Gasteiger partial charge < -0.3 is 9.84 Å². The number of aliphatic carboxylic acids is 1. The van der Waals surface area contributed by atoms with E-state index in [1.165, 1.54) is 0 Å². The maximum Gasteiger partial charge on any atom is 0.328 e. The van der Waals surface area contributed by atoms with Gasteiger partial charge >= 0.3 is 5.97 Å². The zero-order valence-electron chi connectivity index (χ0n) is 11.2. The predicted octanol–water partition coefficient (Wildman–Crippen LogP) is 3.67. The molecular weight excluding hydrogens is 252 g/mol. The number of carbonyl (C=O) groups is 1. The summed E-state index contributed by atoms with van der Waals surface area (Å²) in [5.74, 6) is -0.121. The molecular formula is C17H16O3. The quantitative estimate of drug-likeness (QED) is 0.841. The van der Waals surface area contributed by atoms with E-state index < -0.39 is 5.97 Å². The molecule has 0 fully saturated rings. The number of ether oxygens (including phenoxy) is 1. The third-order valence-corrected chi connectivity index (χ3v) is 2.94. The lowest BCUT2D eigenvalue weighted by Gasteiger charge is -2.10. The van der Waals surface area contributed by atoms with Crippen molar-refractivity contribution < 1.29 is 14.6 Å². The van der Waals surface area contributed by atoms with Crippen LogP contribution < -0.4 is 4.74 Å². The maximum atomic E-state index is 10.6. The first-order valence-corrected chi connectivity index (χ1v) is 6.34. The predicted molar refractivity (Wildman–Crippen MR) is 78.6 cm³/mol. The molecule has 0 aliphatic heterocycles. The van der Waals surface area contributed by atoms with Gasteiger partial charge in [-0.25, -0.2) is 4.79 Å². The monoisotopic (exact) mass is 268 g/mol. The minimum Gasteiger partial charge on any atom is -0.489 e. The summed E-state index contributed by atoms with van der Waals surface area (Å²) in [5, 5.41) is 8.69. The average Bonchev–Trinajstić information content (AvgIpc) is 2.45. The van der Waals surface area contributed by atoms with Gasteiger partial charge in [0.1, 0.15) is 12.4 Å². The van der Waals surface area contributed by atoms with Gasteiger partial charge in [-0.15, -0.1) is 0 Å². The second-order valence-corrected chi connectivity index (χ2v) is 4.42. The van der Waals surface area contributed by atoms with Gasteiger partial charge in [0.2, 0.25) is 0 Å². The number of hydrogen-bond donors (Lipinski definition) is 1. The van der Waals surface area contributed by atoms with E-state index in [0.717, 1.165) is 28.5 Å². The maximum absolute atomic E-state index is 10.6. The summed E-state index contributed by atoms with van der Waals surface area (Å²) in [6, 6.07) is 15.4. The highest BCUT2D eigenvalue weighted by Crippen LogP contribution is 2.19. The molecule has 2 aromatic carbocycles. The van der Waals surface area contributed by atoms with Crippen LogP contribution in [0.4, 0.5) is 0 Å². The van der Waals surface area contributed by atoms with Crippen molar-refractivity contribution in [1.82, 2.24) is 0 Å². The lowest BCUT2D eigenvalue weighted by atomic mass is 10.1. The number of carboxylic acid groups (broad SMARTS) is 1. The Morgan fingerprint density at radius 3 is 2.60 bits per heavy atom. The molecule has 0 bridgehead atoms. The van der Waals surface area contributed by atoms with Gasteiger partial charge in [0.25, 0.3) is 0 Å². The highest BCUT2D eigenvalue weighted by molar-refractivity contribution is 5.85. The van der Waals surface area contributed by atoms with Crippen molar-refractivity contribution >= 4 is 12.0 Å². The fourth-order valence-electron chi connectivity index (χ4n) is 1.86. The van der Waals surface area contributed by atoms with Gasteiger partial charge in [-0.1, -0.05) is 42.5 Å². The highest BCUT2D eigenvalue weighted by atomic mass is 16.5. The first kappa shape index (κ1) is 13.9. The van der Waals surface area contributed by atoms with E-state index in [9.17, 15) is 4.79 Å². The number of carboxylic acids is 1. The fourth-order valence-corrected chi connectivity index (χ4v) is 1.86. The second-order valence-electron chi connectivity index (χ2n) is 4.42. The molecule has 0 aliphatic carbocycles. The van der Waals surface area contributed by atoms with Gasteiger partial charge in [-0.3, -0.25) is 0 Å². The molecule has 0 saturated heterocycles. The minimum atomic E-state index is -0.959. The fraction of sp³-hybridized carbons (Fsp3) is 0.118. The summed E-state index contributed by atoms with van der Waals surface area (Å²) < 4.78 is 5.79. The molecule has 3 nitrogen and oxygen atoms in total. The van der Waals surface area contributed by atoms with E-state index in [4.69, 9.17) is 9.84 Å². The van der Waals surface area contributed by atoms with Crippen molar-refractivity contribution in [2.45, 2.75) is 13.5 Å². The third kappa shape index (κ3) is 3.72. The number of rotatable bonds is 5. The molecule has 0 aliphatic rings. The second kappa shape index (κ2) is 6.57. The minimum absolute atomic E-state index is 0.408. The summed E-state index contributed by atoms with van der Waals surface area (Å²) in [6.45, 7) is 2.40. The molecule has 102 valence electrons. The Morgan fingerprint density at radius 2 is 1.85 bits per heavy atom. The Morgan fingerprint density at radius 1 is 1.15 bits per heavy atom. The molecule has 0 saturated carbocycles. The standard InChI is InChI=1S/C17H16O3/c1-13-6-2-5-9-16(13)20-12-15-8-4-3-7-14(15)10-11-17(18)19/h2-11H,12H2,1H3,(H,18,19). The molecule has 20 heavy (non-hydrogen) atoms. The Labute approximate surface area is 118 Å². The first-order chi connectivity index (χ1) is 9.66. The van der Waals surface area contributed by atoms with Crippen molar-refractivity contribution in [3.63, 3.8) is 0 Å². The normalized spacial score (nSPS) is 10.7. The van der Waals surface area contributed by atoms with E-state index >= 15 is 0 Å². The Kier molecular flexibility index (Phi) is 4.56. The molecule has 0 aromatic heterocycles. The van der Waals surface area contributed by atoms with Crippen LogP contribution in [-0.2, 0) is 11.4 Å². The Balaban J connectivity index is 2.14. The van der Waals surface area contributed by atoms with E-state index in [1.54, 1.807) is 6.08 Å². The van der Waals surface area contributed by atoms with Crippen LogP contribution in [-0.4, -0.2) is 11.1 Å². The van der Waals surface area contributed by atoms with Gasteiger partial charge in [0, 0.05) is 6.08 Å². The van der Waals surface area contributed by atoms with Gasteiger partial charge in [0.05, 0.1) is 0 Å². The summed E-state index contributed by atoms with van der Waals surface area (Å²) in [6.07, 6.45) is 2.71. The van der Waals surface area contributed by atoms with Crippen LogP contribution in [0.3, 0.4) is 0 Å². The van der Waals surface area contributed by atoms with Crippen LogP contribution in [0.15, 0.2) is 54.6 Å². The number of para-hydroxylation sites is 1. The van der Waals surface area contributed by atoms with Crippen molar-refractivity contribution in [3.8, 4) is 5.75 Å². The summed E-state index contributed by atoms with van der Waals surface area (Å²) in [4.78, 5) is 10.6. The molecule has 0 amide bonds. The van der Waals surface area contributed by atoms with Crippen molar-refractivity contribution in [2.75, 3.05) is 0 Å². The van der Waals surface area contributed by atoms with E-state index in [2.05, 4.69) is 0 Å². The number of benzene rings is 2. The Bertz CT molecular complexity index is 630. The van der Waals surface area contributed by atoms with Gasteiger partial charge in [-0.05, 0) is 35.8 Å². The SMILES string of the molecule is Cc1ccccc1OCc1ccccc1C=CC(=O)O. The summed E-state index contributed by atoms with van der Waals surface area (Å²) in [5.41, 5.74) is 2.88. The smallest absolute Gasteiger partial charge is 0.328 e. The van der Waals surface area contributed by atoms with Crippen molar-refractivity contribution in [3.05, 3.63) is 71.3 Å². The molecule has 2 rings (SSSR count). The van der Waals surface area contributed by atoms with E-state index in [0.29, 0.717) is 6.61 Å². The lowest BCUT2D eigenvalue weighted by Crippen LogP contribution is -1.99. The van der Waals surface area contributed by atoms with Crippen LogP contribution in [0.25, 0.3) is 6.08 Å². The van der Waals surface area contributed by atoms with Crippen LogP contribution >= 0.6 is 0 Å². The van der Waals surface area contributed by atoms with Crippen LogP contribution in [0.1, 0.15) is 16.7 Å². The molecule has 0 heterocycles. The third-order valence-electron chi connectivity index (χ3n) is 2.94. The first-order valence-electron chi connectivity index (χ1n) is 6.34. The number of aryl methyl sites for hydroxylation is 1. The van der Waals surface area contributed by atoms with E-state index in [1.807, 2.05) is 55.5 Å². The largest absolute Gasteiger partial charge is 0.489 e. The van der Waals surface area contributed by atoms with Crippen LogP contribution in [0.5, 0.6) is 5.75 Å². The van der Waals surface area contributed by atoms with Crippen LogP contribution in [0.2, 0.25) is 0 Å². The van der Waals surface area contributed by atoms with Crippen molar-refractivity contribution in [2.24, 2.45) is 0 Å². The summed E-state index contributed by atoms with van der Waals surface area (Å²) >= 11 is 0. The van der Waals surface area contributed by atoms with E-state index in [-0.39, 0.29) is 0 Å².